The molecule has 1 aromatic heterocycles. The van der Waals surface area contributed by atoms with Gasteiger partial charge in [0.1, 0.15) is 11.4 Å². The molecule has 2 aromatic rings. The highest BCUT2D eigenvalue weighted by molar-refractivity contribution is 5.94. The van der Waals surface area contributed by atoms with Crippen LogP contribution >= 0.6 is 0 Å². The summed E-state index contributed by atoms with van der Waals surface area (Å²) in [5, 5.41) is 15.4. The van der Waals surface area contributed by atoms with Crippen LogP contribution in [0, 0.1) is 24.0 Å². The summed E-state index contributed by atoms with van der Waals surface area (Å²) in [6.45, 7) is 7.38. The molecule has 1 saturated heterocycles. The number of aromatic nitrogens is 2. The number of nitro groups is 1. The summed E-state index contributed by atoms with van der Waals surface area (Å²) < 4.78 is 1.60. The summed E-state index contributed by atoms with van der Waals surface area (Å²) in [5.74, 6) is -0.0302. The van der Waals surface area contributed by atoms with Gasteiger partial charge in [-0.05, 0) is 31.5 Å². The Morgan fingerprint density at radius 2 is 1.64 bits per heavy atom. The van der Waals surface area contributed by atoms with Crippen LogP contribution in [0.3, 0.4) is 0 Å². The Bertz CT molecular complexity index is 911. The number of carbonyl (C=O) groups excluding carboxylic acids is 2. The Morgan fingerprint density at radius 1 is 1.07 bits per heavy atom. The zero-order valence-corrected chi connectivity index (χ0v) is 16.2. The van der Waals surface area contributed by atoms with Gasteiger partial charge in [0.2, 0.25) is 5.91 Å². The van der Waals surface area contributed by atoms with Crippen molar-refractivity contribution in [3.63, 3.8) is 0 Å². The molecule has 9 heteroatoms. The summed E-state index contributed by atoms with van der Waals surface area (Å²) >= 11 is 0. The lowest BCUT2D eigenvalue weighted by atomic mass is 10.1. The van der Waals surface area contributed by atoms with E-state index >= 15 is 0 Å². The van der Waals surface area contributed by atoms with Crippen molar-refractivity contribution in [3.05, 3.63) is 56.9 Å². The van der Waals surface area contributed by atoms with E-state index in [-0.39, 0.29) is 17.5 Å². The monoisotopic (exact) mass is 385 g/mol. The quantitative estimate of drug-likeness (QED) is 0.589. The summed E-state index contributed by atoms with van der Waals surface area (Å²) in [6.07, 6.45) is 0. The number of rotatable bonds is 4. The number of aryl methyl sites for hydroxylation is 1. The Kier molecular flexibility index (Phi) is 5.43. The fourth-order valence-corrected chi connectivity index (χ4v) is 3.44. The molecule has 0 aliphatic carbocycles. The molecule has 1 aromatic carbocycles. The molecule has 28 heavy (non-hydrogen) atoms. The molecule has 0 spiro atoms. The van der Waals surface area contributed by atoms with Crippen LogP contribution in [-0.2, 0) is 11.3 Å². The van der Waals surface area contributed by atoms with Gasteiger partial charge in [0.25, 0.3) is 5.91 Å². The minimum atomic E-state index is -0.415. The summed E-state index contributed by atoms with van der Waals surface area (Å²) in [5.41, 5.74) is 2.42. The summed E-state index contributed by atoms with van der Waals surface area (Å²) in [6, 6.07) is 7.19. The lowest BCUT2D eigenvalue weighted by Gasteiger charge is -2.34. The molecule has 0 radical (unpaired) electrons. The lowest BCUT2D eigenvalue weighted by molar-refractivity contribution is -0.386. The first-order chi connectivity index (χ1) is 13.3. The van der Waals surface area contributed by atoms with E-state index in [1.54, 1.807) is 40.5 Å². The number of hydrogen-bond donors (Lipinski definition) is 0. The fraction of sp³-hybridized carbons (Fsp3) is 0.421. The molecular weight excluding hydrogens is 362 g/mol. The van der Waals surface area contributed by atoms with E-state index in [9.17, 15) is 19.7 Å². The molecule has 1 fully saturated rings. The maximum absolute atomic E-state index is 12.7. The third-order valence-corrected chi connectivity index (χ3v) is 5.07. The second kappa shape index (κ2) is 7.79. The van der Waals surface area contributed by atoms with Gasteiger partial charge in [-0.25, -0.2) is 0 Å². The SMILES string of the molecule is CC(=O)N1CCN(C(=O)c2ccc(Cn3nc(C)c([N+](=O)[O-])c3C)cc2)CC1. The molecule has 148 valence electrons. The van der Waals surface area contributed by atoms with E-state index in [1.807, 2.05) is 12.1 Å². The highest BCUT2D eigenvalue weighted by Gasteiger charge is 2.24. The first kappa shape index (κ1) is 19.5. The van der Waals surface area contributed by atoms with Crippen LogP contribution in [-0.4, -0.2) is 62.5 Å². The van der Waals surface area contributed by atoms with Gasteiger partial charge in [0.15, 0.2) is 0 Å². The van der Waals surface area contributed by atoms with Gasteiger partial charge in [-0.3, -0.25) is 24.4 Å². The van der Waals surface area contributed by atoms with E-state index in [0.29, 0.717) is 49.7 Å². The van der Waals surface area contributed by atoms with Crippen molar-refractivity contribution in [1.82, 2.24) is 19.6 Å². The number of amides is 2. The molecule has 2 heterocycles. The summed E-state index contributed by atoms with van der Waals surface area (Å²) in [7, 11) is 0. The molecule has 0 N–H and O–H groups in total. The molecule has 0 unspecified atom stereocenters. The molecule has 9 nitrogen and oxygen atoms in total. The molecule has 3 rings (SSSR count). The molecule has 0 atom stereocenters. The number of carbonyl (C=O) groups is 2. The van der Waals surface area contributed by atoms with E-state index < -0.39 is 4.92 Å². The zero-order valence-electron chi connectivity index (χ0n) is 16.2. The zero-order chi connectivity index (χ0) is 20.4. The van der Waals surface area contributed by atoms with Gasteiger partial charge in [0.05, 0.1) is 11.5 Å². The van der Waals surface area contributed by atoms with Crippen molar-refractivity contribution in [2.24, 2.45) is 0 Å². The number of nitrogens with zero attached hydrogens (tertiary/aromatic N) is 5. The van der Waals surface area contributed by atoms with Crippen LogP contribution in [0.5, 0.6) is 0 Å². The van der Waals surface area contributed by atoms with Crippen molar-refractivity contribution in [3.8, 4) is 0 Å². The van der Waals surface area contributed by atoms with E-state index in [0.717, 1.165) is 5.56 Å². The highest BCUT2D eigenvalue weighted by atomic mass is 16.6. The van der Waals surface area contributed by atoms with Crippen molar-refractivity contribution in [2.45, 2.75) is 27.3 Å². The number of piperazine rings is 1. The van der Waals surface area contributed by atoms with Crippen LogP contribution in [0.4, 0.5) is 5.69 Å². The van der Waals surface area contributed by atoms with Crippen LogP contribution < -0.4 is 0 Å². The highest BCUT2D eigenvalue weighted by Crippen LogP contribution is 2.22. The molecule has 0 saturated carbocycles. The first-order valence-electron chi connectivity index (χ1n) is 9.10. The van der Waals surface area contributed by atoms with Gasteiger partial charge >= 0.3 is 5.69 Å². The number of benzene rings is 1. The Morgan fingerprint density at radius 3 is 2.14 bits per heavy atom. The van der Waals surface area contributed by atoms with E-state index in [4.69, 9.17) is 0 Å². The molecule has 2 amide bonds. The van der Waals surface area contributed by atoms with Crippen molar-refractivity contribution in [2.75, 3.05) is 26.2 Å². The number of hydrogen-bond acceptors (Lipinski definition) is 5. The maximum atomic E-state index is 12.7. The largest absolute Gasteiger partial charge is 0.339 e. The average molecular weight is 385 g/mol. The summed E-state index contributed by atoms with van der Waals surface area (Å²) in [4.78, 5) is 38.2. The molecule has 0 bridgehead atoms. The molecular formula is C19H23N5O4. The minimum Gasteiger partial charge on any atom is -0.339 e. The van der Waals surface area contributed by atoms with Crippen molar-refractivity contribution >= 4 is 17.5 Å². The van der Waals surface area contributed by atoms with E-state index in [2.05, 4.69) is 5.10 Å². The lowest BCUT2D eigenvalue weighted by Crippen LogP contribution is -2.50. The Balaban J connectivity index is 1.67. The minimum absolute atomic E-state index is 0.0286. The van der Waals surface area contributed by atoms with Crippen LogP contribution in [0.15, 0.2) is 24.3 Å². The van der Waals surface area contributed by atoms with Gasteiger partial charge in [-0.15, -0.1) is 0 Å². The Hall–Kier alpha value is -3.23. The standard InChI is InChI=1S/C19H23N5O4/c1-13-18(24(27)28)14(2)23(20-13)12-16-4-6-17(7-5-16)19(26)22-10-8-21(9-11-22)15(3)25/h4-7H,8-12H2,1-3H3. The predicted molar refractivity (Wildman–Crippen MR) is 102 cm³/mol. The maximum Gasteiger partial charge on any atom is 0.312 e. The van der Waals surface area contributed by atoms with E-state index in [1.165, 1.54) is 6.92 Å². The van der Waals surface area contributed by atoms with Crippen LogP contribution in [0.25, 0.3) is 0 Å². The second-order valence-electron chi connectivity index (χ2n) is 6.93. The smallest absolute Gasteiger partial charge is 0.312 e. The molecule has 1 aliphatic rings. The van der Waals surface area contributed by atoms with Gasteiger partial charge in [-0.1, -0.05) is 12.1 Å². The third-order valence-electron chi connectivity index (χ3n) is 5.07. The fourth-order valence-electron chi connectivity index (χ4n) is 3.44. The topological polar surface area (TPSA) is 102 Å². The third kappa shape index (κ3) is 3.88. The van der Waals surface area contributed by atoms with Gasteiger partial charge in [-0.2, -0.15) is 5.10 Å². The van der Waals surface area contributed by atoms with Crippen molar-refractivity contribution in [1.29, 1.82) is 0 Å². The Labute approximate surface area is 162 Å². The average Bonchev–Trinajstić information content (AvgIpc) is 2.95. The molecule has 1 aliphatic heterocycles. The van der Waals surface area contributed by atoms with Gasteiger partial charge in [0, 0.05) is 38.7 Å². The van der Waals surface area contributed by atoms with Crippen molar-refractivity contribution < 1.29 is 14.5 Å². The normalized spacial score (nSPS) is 14.2. The second-order valence-corrected chi connectivity index (χ2v) is 6.93. The van der Waals surface area contributed by atoms with Gasteiger partial charge < -0.3 is 9.80 Å². The van der Waals surface area contributed by atoms with Crippen LogP contribution in [0.1, 0.15) is 34.2 Å². The first-order valence-corrected chi connectivity index (χ1v) is 9.10. The predicted octanol–water partition coefficient (Wildman–Crippen LogP) is 1.76. The van der Waals surface area contributed by atoms with Crippen LogP contribution in [0.2, 0.25) is 0 Å².